The number of nitrogens with zero attached hydrogens (tertiary/aromatic N) is 1. The number of nitrogens with one attached hydrogen (secondary N) is 2. The topological polar surface area (TPSA) is 36.5 Å². The van der Waals surface area contributed by atoms with E-state index in [0.717, 1.165) is 53.3 Å². The van der Waals surface area contributed by atoms with Crippen LogP contribution < -0.4 is 20.7 Å². The molecule has 2 aliphatic heterocycles. The Bertz CT molecular complexity index is 1300. The molecule has 0 saturated heterocycles. The first-order valence-corrected chi connectivity index (χ1v) is 15.7. The SMILES string of the molecule is C=CNC.CCC(C)/C(=C(/C)CCc1ccccc1)N1CCOc2ccc(-c3ccc4c(c3)NC(C)P4)cc2C1. The van der Waals surface area contributed by atoms with Crippen LogP contribution in [0.4, 0.5) is 5.69 Å². The molecule has 40 heavy (non-hydrogen) atoms. The van der Waals surface area contributed by atoms with Crippen molar-refractivity contribution in [1.29, 1.82) is 0 Å². The van der Waals surface area contributed by atoms with E-state index in [1.54, 1.807) is 6.20 Å². The van der Waals surface area contributed by atoms with Crippen molar-refractivity contribution in [2.75, 3.05) is 25.5 Å². The molecule has 0 bridgehead atoms. The molecule has 0 fully saturated rings. The lowest BCUT2D eigenvalue weighted by Crippen LogP contribution is -2.29. The third-order valence-electron chi connectivity index (χ3n) is 7.83. The minimum atomic E-state index is 0.524. The summed E-state index contributed by atoms with van der Waals surface area (Å²) in [4.78, 5) is 2.59. The molecule has 3 aromatic rings. The Hall–Kier alpha value is -3.23. The summed E-state index contributed by atoms with van der Waals surface area (Å²) in [6.07, 6.45) is 4.95. The van der Waals surface area contributed by atoms with Crippen LogP contribution in [-0.2, 0) is 13.0 Å². The molecular weight excluding hydrogens is 509 g/mol. The zero-order chi connectivity index (χ0) is 28.5. The fourth-order valence-electron chi connectivity index (χ4n) is 5.55. The van der Waals surface area contributed by atoms with E-state index in [9.17, 15) is 0 Å². The number of benzene rings is 3. The molecule has 212 valence electrons. The van der Waals surface area contributed by atoms with Gasteiger partial charge >= 0.3 is 0 Å². The summed E-state index contributed by atoms with van der Waals surface area (Å²) >= 11 is 0. The van der Waals surface area contributed by atoms with Crippen LogP contribution in [-0.4, -0.2) is 30.9 Å². The molecule has 5 heteroatoms. The molecule has 4 nitrogen and oxygen atoms in total. The van der Waals surface area contributed by atoms with Gasteiger partial charge < -0.3 is 20.3 Å². The molecule has 3 atom stereocenters. The maximum absolute atomic E-state index is 6.25. The van der Waals surface area contributed by atoms with Gasteiger partial charge in [-0.1, -0.05) is 83.1 Å². The van der Waals surface area contributed by atoms with Gasteiger partial charge in [-0.25, -0.2) is 0 Å². The van der Waals surface area contributed by atoms with Crippen LogP contribution in [0.2, 0.25) is 0 Å². The third-order valence-corrected chi connectivity index (χ3v) is 9.15. The van der Waals surface area contributed by atoms with Crippen LogP contribution >= 0.6 is 8.58 Å². The smallest absolute Gasteiger partial charge is 0.124 e. The highest BCUT2D eigenvalue weighted by atomic mass is 31.1. The van der Waals surface area contributed by atoms with E-state index in [4.69, 9.17) is 4.74 Å². The quantitative estimate of drug-likeness (QED) is 0.277. The molecule has 0 amide bonds. The van der Waals surface area contributed by atoms with E-state index in [2.05, 4.69) is 117 Å². The second-order valence-electron chi connectivity index (χ2n) is 10.8. The molecule has 2 aliphatic rings. The van der Waals surface area contributed by atoms with Gasteiger partial charge in [-0.15, -0.1) is 0 Å². The maximum atomic E-state index is 6.25. The summed E-state index contributed by atoms with van der Waals surface area (Å²) < 4.78 is 6.25. The average molecular weight is 556 g/mol. The first-order chi connectivity index (χ1) is 19.4. The van der Waals surface area contributed by atoms with Crippen LogP contribution in [0.15, 0.2) is 90.8 Å². The Morgan fingerprint density at radius 1 is 1.15 bits per heavy atom. The maximum Gasteiger partial charge on any atom is 0.124 e. The highest BCUT2D eigenvalue weighted by molar-refractivity contribution is 7.49. The number of hydrogen-bond acceptors (Lipinski definition) is 4. The Morgan fingerprint density at radius 3 is 2.60 bits per heavy atom. The molecule has 3 unspecified atom stereocenters. The van der Waals surface area contributed by atoms with Gasteiger partial charge in [0, 0.05) is 36.3 Å². The lowest BCUT2D eigenvalue weighted by molar-refractivity contribution is 0.244. The van der Waals surface area contributed by atoms with Crippen LogP contribution in [0, 0.1) is 5.92 Å². The number of ether oxygens (including phenoxy) is 1. The van der Waals surface area contributed by atoms with Crippen molar-refractivity contribution < 1.29 is 4.74 Å². The van der Waals surface area contributed by atoms with E-state index < -0.39 is 0 Å². The second-order valence-corrected chi connectivity index (χ2v) is 12.5. The van der Waals surface area contributed by atoms with Crippen molar-refractivity contribution >= 4 is 19.6 Å². The molecular formula is C35H46N3OP. The summed E-state index contributed by atoms with van der Waals surface area (Å²) in [5, 5.41) is 7.77. The molecule has 2 heterocycles. The van der Waals surface area contributed by atoms with E-state index >= 15 is 0 Å². The van der Waals surface area contributed by atoms with E-state index in [1.165, 1.54) is 44.5 Å². The average Bonchev–Trinajstić information content (AvgIpc) is 3.23. The Kier molecular flexibility index (Phi) is 10.7. The lowest BCUT2D eigenvalue weighted by Gasteiger charge is -2.31. The monoisotopic (exact) mass is 555 g/mol. The summed E-state index contributed by atoms with van der Waals surface area (Å²) in [7, 11) is 2.66. The molecule has 0 radical (unpaired) electrons. The molecule has 2 N–H and O–H groups in total. The van der Waals surface area contributed by atoms with Crippen molar-refractivity contribution in [1.82, 2.24) is 10.2 Å². The number of allylic oxidation sites excluding steroid dienone is 2. The molecule has 5 rings (SSSR count). The van der Waals surface area contributed by atoms with Crippen molar-refractivity contribution in [3.05, 3.63) is 102 Å². The third kappa shape index (κ3) is 7.49. The van der Waals surface area contributed by atoms with Crippen molar-refractivity contribution in [3.63, 3.8) is 0 Å². The van der Waals surface area contributed by atoms with Gasteiger partial charge in [-0.05, 0) is 85.4 Å². The standard InChI is InChI=1S/C32H39N2OP.C3H7N/c1-5-22(2)32(23(3)11-12-25-9-7-6-8-10-25)34-17-18-35-30-15-13-26(19-28(30)21-34)27-14-16-31-29(20-27)33-24(4)36-31;1-3-4-2/h6-10,13-16,19-20,22,24,33,36H,5,11-12,17-18,21H2,1-4H3;3-4H,1H2,2H3/b32-23+;. The highest BCUT2D eigenvalue weighted by Gasteiger charge is 2.23. The largest absolute Gasteiger partial charge is 0.491 e. The minimum absolute atomic E-state index is 0.524. The zero-order valence-corrected chi connectivity index (χ0v) is 25.9. The number of hydrogen-bond donors (Lipinski definition) is 2. The van der Waals surface area contributed by atoms with Crippen molar-refractivity contribution in [2.45, 2.75) is 59.3 Å². The van der Waals surface area contributed by atoms with Gasteiger partial charge in [0.1, 0.15) is 12.4 Å². The fraction of sp³-hybridized carbons (Fsp3) is 0.371. The first kappa shape index (κ1) is 29.7. The number of fused-ring (bicyclic) bond motifs is 2. The molecule has 3 aromatic carbocycles. The molecule has 0 aliphatic carbocycles. The second kappa shape index (κ2) is 14.4. The summed E-state index contributed by atoms with van der Waals surface area (Å²) in [6.45, 7) is 15.2. The van der Waals surface area contributed by atoms with E-state index in [1.807, 2.05) is 7.05 Å². The van der Waals surface area contributed by atoms with E-state index in [0.29, 0.717) is 11.7 Å². The summed E-state index contributed by atoms with van der Waals surface area (Å²) in [5.41, 5.74) is 9.54. The van der Waals surface area contributed by atoms with Gasteiger partial charge in [0.2, 0.25) is 0 Å². The zero-order valence-electron chi connectivity index (χ0n) is 24.9. The van der Waals surface area contributed by atoms with Crippen LogP contribution in [0.5, 0.6) is 5.75 Å². The molecule has 0 saturated carbocycles. The van der Waals surface area contributed by atoms with Crippen LogP contribution in [0.3, 0.4) is 0 Å². The predicted molar refractivity (Wildman–Crippen MR) is 175 cm³/mol. The van der Waals surface area contributed by atoms with Gasteiger partial charge in [0.25, 0.3) is 0 Å². The van der Waals surface area contributed by atoms with E-state index in [-0.39, 0.29) is 0 Å². The van der Waals surface area contributed by atoms with Gasteiger partial charge in [0.15, 0.2) is 0 Å². The Balaban J connectivity index is 0.000000867. The normalized spacial score (nSPS) is 17.6. The first-order valence-electron chi connectivity index (χ1n) is 14.6. The minimum Gasteiger partial charge on any atom is -0.491 e. The Morgan fingerprint density at radius 2 is 1.88 bits per heavy atom. The summed E-state index contributed by atoms with van der Waals surface area (Å²) in [5.74, 6) is 2.09. The van der Waals surface area contributed by atoms with Crippen LogP contribution in [0.1, 0.15) is 51.7 Å². The lowest BCUT2D eigenvalue weighted by atomic mass is 9.94. The van der Waals surface area contributed by atoms with Gasteiger partial charge in [-0.3, -0.25) is 0 Å². The van der Waals surface area contributed by atoms with Crippen molar-refractivity contribution in [3.8, 4) is 16.9 Å². The van der Waals surface area contributed by atoms with Crippen molar-refractivity contribution in [2.24, 2.45) is 5.92 Å². The number of aryl methyl sites for hydroxylation is 1. The predicted octanol–water partition coefficient (Wildman–Crippen LogP) is 7.93. The Labute approximate surface area is 243 Å². The molecule has 0 spiro atoms. The molecule has 0 aromatic heterocycles. The number of anilines is 1. The van der Waals surface area contributed by atoms with Gasteiger partial charge in [-0.2, -0.15) is 0 Å². The highest BCUT2D eigenvalue weighted by Crippen LogP contribution is 2.36. The number of rotatable bonds is 8. The van der Waals surface area contributed by atoms with Crippen LogP contribution in [0.25, 0.3) is 11.1 Å². The summed E-state index contributed by atoms with van der Waals surface area (Å²) in [6, 6.07) is 24.5. The van der Waals surface area contributed by atoms with Gasteiger partial charge in [0.05, 0.1) is 6.54 Å². The fourth-order valence-corrected chi connectivity index (χ4v) is 6.72.